The molecule has 36 heavy (non-hydrogen) atoms. The van der Waals surface area contributed by atoms with Gasteiger partial charge >= 0.3 is 5.97 Å². The molecule has 0 saturated heterocycles. The molecule has 190 valence electrons. The van der Waals surface area contributed by atoms with Crippen molar-refractivity contribution in [1.29, 1.82) is 0 Å². The number of aromatic amines is 1. The van der Waals surface area contributed by atoms with Crippen LogP contribution >= 0.6 is 0 Å². The van der Waals surface area contributed by atoms with Gasteiger partial charge in [0.05, 0.1) is 25.4 Å². The number of carbonyl (C=O) groups is 1. The third-order valence-corrected chi connectivity index (χ3v) is 7.12. The summed E-state index contributed by atoms with van der Waals surface area (Å²) < 4.78 is 57.8. The summed E-state index contributed by atoms with van der Waals surface area (Å²) >= 11 is 0. The number of H-pyrrole nitrogens is 1. The Bertz CT molecular complexity index is 1500. The molecule has 5 rings (SSSR count). The summed E-state index contributed by atoms with van der Waals surface area (Å²) in [6, 6.07) is 6.10. The lowest BCUT2D eigenvalue weighted by Gasteiger charge is -2.40. The molecule has 7 nitrogen and oxygen atoms in total. The normalized spacial score (nSPS) is 20.1. The third-order valence-electron chi connectivity index (χ3n) is 7.12. The highest BCUT2D eigenvalue weighted by molar-refractivity contribution is 6.00. The average Bonchev–Trinajstić information content (AvgIpc) is 3.41. The molecule has 2 heterocycles. The standard InChI is InChI=1S/C26H26F3N3O4/c1-25(2,12-35-3)23-19(14-9-26(29,10-14)24(33)34)20-17(7-13-11-30-31-22(13)21(20)28)32(23)15-5-6-16(27)18(8-15)36-4/h5-8,11,14H,9-10,12H2,1-4H3,(H,30,31)(H,33,34). The van der Waals surface area contributed by atoms with E-state index < -0.39 is 34.6 Å². The minimum absolute atomic E-state index is 0.00792. The number of aromatic nitrogens is 3. The van der Waals surface area contributed by atoms with E-state index in [1.54, 1.807) is 23.8 Å². The van der Waals surface area contributed by atoms with Crippen LogP contribution in [-0.4, -0.2) is 52.3 Å². The lowest BCUT2D eigenvalue weighted by atomic mass is 9.66. The molecule has 1 aliphatic carbocycles. The summed E-state index contributed by atoms with van der Waals surface area (Å²) in [6.45, 7) is 4.06. The van der Waals surface area contributed by atoms with Gasteiger partial charge in [0.25, 0.3) is 0 Å². The van der Waals surface area contributed by atoms with E-state index in [2.05, 4.69) is 10.2 Å². The van der Waals surface area contributed by atoms with Crippen molar-refractivity contribution >= 4 is 27.8 Å². The summed E-state index contributed by atoms with van der Waals surface area (Å²) in [6.07, 6.45) is 0.926. The second-order valence-corrected chi connectivity index (χ2v) is 10.0. The number of methoxy groups -OCH3 is 2. The lowest BCUT2D eigenvalue weighted by Crippen LogP contribution is -2.46. The van der Waals surface area contributed by atoms with Crippen LogP contribution in [0.2, 0.25) is 0 Å². The number of halogens is 3. The van der Waals surface area contributed by atoms with Crippen LogP contribution < -0.4 is 4.74 Å². The molecule has 2 aromatic heterocycles. The van der Waals surface area contributed by atoms with Gasteiger partial charge in [-0.05, 0) is 42.5 Å². The van der Waals surface area contributed by atoms with E-state index in [1.807, 2.05) is 13.8 Å². The summed E-state index contributed by atoms with van der Waals surface area (Å²) in [5, 5.41) is 16.8. The van der Waals surface area contributed by atoms with Crippen LogP contribution in [0.4, 0.5) is 13.2 Å². The Hall–Kier alpha value is -3.53. The van der Waals surface area contributed by atoms with E-state index in [1.165, 1.54) is 25.4 Å². The van der Waals surface area contributed by atoms with Crippen molar-refractivity contribution in [2.45, 2.75) is 43.7 Å². The molecule has 1 fully saturated rings. The minimum Gasteiger partial charge on any atom is -0.494 e. The molecule has 0 amide bonds. The van der Waals surface area contributed by atoms with Gasteiger partial charge in [-0.15, -0.1) is 0 Å². The van der Waals surface area contributed by atoms with E-state index in [0.717, 1.165) is 0 Å². The predicted octanol–water partition coefficient (Wildman–Crippen LogP) is 5.39. The monoisotopic (exact) mass is 501 g/mol. The van der Waals surface area contributed by atoms with Gasteiger partial charge in [0, 0.05) is 40.7 Å². The highest BCUT2D eigenvalue weighted by Gasteiger charge is 2.54. The highest BCUT2D eigenvalue weighted by atomic mass is 19.1. The Labute approximate surface area is 204 Å². The zero-order valence-corrected chi connectivity index (χ0v) is 20.3. The zero-order chi connectivity index (χ0) is 26.0. The zero-order valence-electron chi connectivity index (χ0n) is 20.3. The topological polar surface area (TPSA) is 89.4 Å². The van der Waals surface area contributed by atoms with Crippen molar-refractivity contribution in [3.05, 3.63) is 53.4 Å². The summed E-state index contributed by atoms with van der Waals surface area (Å²) in [5.74, 6) is -3.20. The van der Waals surface area contributed by atoms with Gasteiger partial charge in [-0.25, -0.2) is 18.0 Å². The number of aliphatic carboxylic acids is 1. The average molecular weight is 502 g/mol. The fraction of sp³-hybridized carbons (Fsp3) is 0.385. The predicted molar refractivity (Wildman–Crippen MR) is 128 cm³/mol. The molecular formula is C26H26F3N3O4. The van der Waals surface area contributed by atoms with E-state index in [-0.39, 0.29) is 36.1 Å². The Kier molecular flexibility index (Phi) is 5.55. The Morgan fingerprint density at radius 1 is 1.28 bits per heavy atom. The summed E-state index contributed by atoms with van der Waals surface area (Å²) in [7, 11) is 2.90. The molecule has 0 radical (unpaired) electrons. The minimum atomic E-state index is -2.38. The largest absolute Gasteiger partial charge is 0.494 e. The maximum atomic E-state index is 16.1. The first-order chi connectivity index (χ1) is 17.0. The number of fused-ring (bicyclic) bond motifs is 2. The number of benzene rings is 2. The Morgan fingerprint density at radius 3 is 2.64 bits per heavy atom. The quantitative estimate of drug-likeness (QED) is 0.355. The van der Waals surface area contributed by atoms with Gasteiger partial charge in [0.1, 0.15) is 5.52 Å². The maximum absolute atomic E-state index is 16.1. The smallest absolute Gasteiger partial charge is 0.341 e. The SMILES string of the molecule is COCC(C)(C)c1c(C2CC(F)(C(=O)O)C2)c2c(F)c3[nH]ncc3cc2n1-c1ccc(F)c(OC)c1. The molecule has 2 aromatic carbocycles. The van der Waals surface area contributed by atoms with Crippen LogP contribution in [0.25, 0.3) is 27.5 Å². The van der Waals surface area contributed by atoms with Crippen LogP contribution in [0.1, 0.15) is 43.9 Å². The molecule has 0 unspecified atom stereocenters. The molecule has 1 saturated carbocycles. The van der Waals surface area contributed by atoms with E-state index in [0.29, 0.717) is 27.8 Å². The first-order valence-electron chi connectivity index (χ1n) is 11.5. The van der Waals surface area contributed by atoms with Crippen LogP contribution in [0.15, 0.2) is 30.5 Å². The molecule has 0 atom stereocenters. The Morgan fingerprint density at radius 2 is 2.00 bits per heavy atom. The van der Waals surface area contributed by atoms with Gasteiger partial charge in [0.2, 0.25) is 5.67 Å². The van der Waals surface area contributed by atoms with Gasteiger partial charge in [0.15, 0.2) is 17.4 Å². The second-order valence-electron chi connectivity index (χ2n) is 10.0. The maximum Gasteiger partial charge on any atom is 0.341 e. The highest BCUT2D eigenvalue weighted by Crippen LogP contribution is 2.54. The third kappa shape index (κ3) is 3.46. The van der Waals surface area contributed by atoms with Crippen molar-refractivity contribution < 1.29 is 32.5 Å². The van der Waals surface area contributed by atoms with Crippen molar-refractivity contribution in [2.24, 2.45) is 0 Å². The number of ether oxygens (including phenoxy) is 2. The van der Waals surface area contributed by atoms with Crippen molar-refractivity contribution in [3.8, 4) is 11.4 Å². The number of alkyl halides is 1. The van der Waals surface area contributed by atoms with Gasteiger partial charge in [-0.1, -0.05) is 13.8 Å². The molecule has 2 N–H and O–H groups in total. The van der Waals surface area contributed by atoms with Gasteiger partial charge in [-0.3, -0.25) is 5.10 Å². The van der Waals surface area contributed by atoms with E-state index in [9.17, 15) is 18.7 Å². The molecule has 4 aromatic rings. The first kappa shape index (κ1) is 24.2. The molecule has 10 heteroatoms. The van der Waals surface area contributed by atoms with Crippen molar-refractivity contribution in [2.75, 3.05) is 20.8 Å². The number of hydrogen-bond acceptors (Lipinski definition) is 4. The Balaban J connectivity index is 1.91. The second kappa shape index (κ2) is 8.26. The van der Waals surface area contributed by atoms with Crippen molar-refractivity contribution in [3.63, 3.8) is 0 Å². The molecule has 1 aliphatic rings. The summed E-state index contributed by atoms with van der Waals surface area (Å²) in [4.78, 5) is 11.5. The van der Waals surface area contributed by atoms with Crippen LogP contribution in [-0.2, 0) is 14.9 Å². The van der Waals surface area contributed by atoms with Gasteiger partial charge < -0.3 is 19.1 Å². The fourth-order valence-corrected chi connectivity index (χ4v) is 5.48. The first-order valence-corrected chi connectivity index (χ1v) is 11.5. The summed E-state index contributed by atoms with van der Waals surface area (Å²) in [5.41, 5.74) is -0.788. The van der Waals surface area contributed by atoms with E-state index in [4.69, 9.17) is 9.47 Å². The van der Waals surface area contributed by atoms with Crippen LogP contribution in [0, 0.1) is 11.6 Å². The van der Waals surface area contributed by atoms with Gasteiger partial charge in [-0.2, -0.15) is 5.10 Å². The molecule has 0 spiro atoms. The fourth-order valence-electron chi connectivity index (χ4n) is 5.48. The van der Waals surface area contributed by atoms with Crippen LogP contribution in [0.3, 0.4) is 0 Å². The van der Waals surface area contributed by atoms with E-state index >= 15 is 4.39 Å². The number of hydrogen-bond donors (Lipinski definition) is 2. The number of nitrogens with one attached hydrogen (secondary N) is 1. The molecular weight excluding hydrogens is 475 g/mol. The lowest BCUT2D eigenvalue weighted by molar-refractivity contribution is -0.158. The molecule has 0 bridgehead atoms. The van der Waals surface area contributed by atoms with Crippen molar-refractivity contribution in [1.82, 2.24) is 14.8 Å². The number of carboxylic acids is 1. The number of rotatable bonds is 7. The molecule has 0 aliphatic heterocycles. The number of nitrogens with zero attached hydrogens (tertiary/aromatic N) is 2. The number of carboxylic acid groups (broad SMARTS) is 1. The van der Waals surface area contributed by atoms with Crippen LogP contribution in [0.5, 0.6) is 5.75 Å².